The molecule has 0 heterocycles. The first-order valence-electron chi connectivity index (χ1n) is 9.34. The molecular weight excluding hydrogens is 435 g/mol. The molecule has 0 aromatic heterocycles. The summed E-state index contributed by atoms with van der Waals surface area (Å²) in [6.07, 6.45) is 8.77. The highest BCUT2D eigenvalue weighted by Crippen LogP contribution is 2.50. The number of esters is 2. The molecule has 0 aliphatic heterocycles. The monoisotopic (exact) mass is 462 g/mol. The van der Waals surface area contributed by atoms with E-state index < -0.39 is 0 Å². The fraction of sp³-hybridized carbons (Fsp3) is 0.789. The van der Waals surface area contributed by atoms with Gasteiger partial charge in [-0.3, -0.25) is 4.79 Å². The van der Waals surface area contributed by atoms with Crippen LogP contribution in [-0.2, 0) is 23.8 Å². The maximum atomic E-state index is 12.4. The highest BCUT2D eigenvalue weighted by Gasteiger charge is 2.51. The van der Waals surface area contributed by atoms with Crippen molar-refractivity contribution in [2.75, 3.05) is 13.4 Å². The standard InChI is InChI=1S/C19H27IO5/c1-12(20)18(21)25-17-9-14-7-15(17)16(8-14)19(22)24-11-23-10-13-5-3-2-4-6-13/h13-17H,1-11H2. The first-order valence-corrected chi connectivity index (χ1v) is 10.4. The van der Waals surface area contributed by atoms with Gasteiger partial charge >= 0.3 is 11.9 Å². The van der Waals surface area contributed by atoms with Crippen molar-refractivity contribution >= 4 is 34.5 Å². The van der Waals surface area contributed by atoms with Crippen molar-refractivity contribution in [3.05, 3.63) is 10.2 Å². The minimum atomic E-state index is -0.374. The fourth-order valence-electron chi connectivity index (χ4n) is 4.67. The molecule has 3 saturated carbocycles. The Morgan fingerprint density at radius 1 is 1.08 bits per heavy atom. The van der Waals surface area contributed by atoms with Crippen LogP contribution in [0.25, 0.3) is 0 Å². The molecule has 4 unspecified atom stereocenters. The van der Waals surface area contributed by atoms with Crippen LogP contribution >= 0.6 is 22.6 Å². The van der Waals surface area contributed by atoms with E-state index in [1.54, 1.807) is 0 Å². The number of carbonyl (C=O) groups excluding carboxylic acids is 2. The molecule has 3 rings (SSSR count). The smallest absolute Gasteiger partial charge is 0.344 e. The summed E-state index contributed by atoms with van der Waals surface area (Å²) in [6, 6.07) is 0. The third kappa shape index (κ3) is 4.96. The van der Waals surface area contributed by atoms with Crippen molar-refractivity contribution in [1.29, 1.82) is 0 Å². The van der Waals surface area contributed by atoms with Crippen LogP contribution in [0.3, 0.4) is 0 Å². The van der Waals surface area contributed by atoms with Crippen LogP contribution < -0.4 is 0 Å². The van der Waals surface area contributed by atoms with Gasteiger partial charge in [-0.15, -0.1) is 0 Å². The van der Waals surface area contributed by atoms with Gasteiger partial charge in [0.1, 0.15) is 6.10 Å². The summed E-state index contributed by atoms with van der Waals surface area (Å²) >= 11 is 1.87. The number of carbonyl (C=O) groups is 2. The maximum Gasteiger partial charge on any atom is 0.344 e. The summed E-state index contributed by atoms with van der Waals surface area (Å²) < 4.78 is 16.8. The molecule has 3 aliphatic rings. The van der Waals surface area contributed by atoms with Crippen molar-refractivity contribution in [3.8, 4) is 0 Å². The molecule has 0 amide bonds. The zero-order chi connectivity index (χ0) is 17.8. The minimum Gasteiger partial charge on any atom is -0.458 e. The largest absolute Gasteiger partial charge is 0.458 e. The number of halogens is 1. The molecule has 25 heavy (non-hydrogen) atoms. The zero-order valence-electron chi connectivity index (χ0n) is 14.6. The van der Waals surface area contributed by atoms with Crippen LogP contribution in [0.4, 0.5) is 0 Å². The highest BCUT2D eigenvalue weighted by atomic mass is 127. The molecule has 0 radical (unpaired) electrons. The van der Waals surface area contributed by atoms with E-state index in [0.29, 0.717) is 22.0 Å². The van der Waals surface area contributed by atoms with Gasteiger partial charge in [0.15, 0.2) is 6.79 Å². The Kier molecular flexibility index (Phi) is 6.77. The second-order valence-corrected chi connectivity index (χ2v) is 8.95. The van der Waals surface area contributed by atoms with Gasteiger partial charge in [-0.05, 0) is 66.5 Å². The average molecular weight is 462 g/mol. The first-order chi connectivity index (χ1) is 12.0. The molecule has 0 aromatic carbocycles. The number of fused-ring (bicyclic) bond motifs is 2. The molecular formula is C19H27IO5. The normalized spacial score (nSPS) is 31.7. The number of hydrogen-bond donors (Lipinski definition) is 0. The summed E-state index contributed by atoms with van der Waals surface area (Å²) in [4.78, 5) is 24.1. The van der Waals surface area contributed by atoms with Crippen LogP contribution in [0, 0.1) is 23.7 Å². The number of hydrogen-bond acceptors (Lipinski definition) is 5. The van der Waals surface area contributed by atoms with Crippen LogP contribution in [0.1, 0.15) is 51.4 Å². The molecule has 0 saturated heterocycles. The van der Waals surface area contributed by atoms with Gasteiger partial charge in [-0.1, -0.05) is 25.8 Å². The molecule has 3 fully saturated rings. The molecule has 0 spiro atoms. The minimum absolute atomic E-state index is 0.0399. The lowest BCUT2D eigenvalue weighted by Crippen LogP contribution is -2.34. The molecule has 0 aromatic rings. The van der Waals surface area contributed by atoms with Crippen LogP contribution in [0.15, 0.2) is 10.2 Å². The lowest BCUT2D eigenvalue weighted by molar-refractivity contribution is -0.168. The van der Waals surface area contributed by atoms with Crippen LogP contribution in [0.2, 0.25) is 0 Å². The Labute approximate surface area is 163 Å². The SMILES string of the molecule is C=C(I)C(=O)OC1CC2CC(C(=O)OCOCC3CCCCC3)C1C2. The summed E-state index contributed by atoms with van der Waals surface area (Å²) in [7, 11) is 0. The molecule has 140 valence electrons. The average Bonchev–Trinajstić information content (AvgIpc) is 3.19. The molecule has 5 nitrogen and oxygen atoms in total. The van der Waals surface area contributed by atoms with Gasteiger partial charge in [-0.25, -0.2) is 4.79 Å². The second kappa shape index (κ2) is 8.84. The van der Waals surface area contributed by atoms with Crippen molar-refractivity contribution in [3.63, 3.8) is 0 Å². The molecule has 3 aliphatic carbocycles. The molecule has 4 atom stereocenters. The lowest BCUT2D eigenvalue weighted by atomic mass is 9.86. The summed E-state index contributed by atoms with van der Waals surface area (Å²) in [5.74, 6) is 0.394. The zero-order valence-corrected chi connectivity index (χ0v) is 16.7. The van der Waals surface area contributed by atoms with E-state index in [1.165, 1.54) is 32.1 Å². The lowest BCUT2D eigenvalue weighted by Gasteiger charge is -2.28. The second-order valence-electron chi connectivity index (χ2n) is 7.65. The third-order valence-electron chi connectivity index (χ3n) is 5.90. The van der Waals surface area contributed by atoms with E-state index in [2.05, 4.69) is 6.58 Å². The van der Waals surface area contributed by atoms with Crippen molar-refractivity contribution in [2.24, 2.45) is 23.7 Å². The van der Waals surface area contributed by atoms with Gasteiger partial charge in [0.25, 0.3) is 0 Å². The van der Waals surface area contributed by atoms with Crippen molar-refractivity contribution < 1.29 is 23.8 Å². The predicted octanol–water partition coefficient (Wildman–Crippen LogP) is 3.99. The van der Waals surface area contributed by atoms with Crippen LogP contribution in [0.5, 0.6) is 0 Å². The summed E-state index contributed by atoms with van der Waals surface area (Å²) in [6.45, 7) is 4.33. The van der Waals surface area contributed by atoms with Gasteiger partial charge in [0.05, 0.1) is 16.1 Å². The van der Waals surface area contributed by atoms with Gasteiger partial charge in [0, 0.05) is 5.92 Å². The fourth-order valence-corrected chi connectivity index (χ4v) is 4.80. The van der Waals surface area contributed by atoms with E-state index in [-0.39, 0.29) is 36.7 Å². The van der Waals surface area contributed by atoms with E-state index >= 15 is 0 Å². The highest BCUT2D eigenvalue weighted by molar-refractivity contribution is 14.1. The predicted molar refractivity (Wildman–Crippen MR) is 101 cm³/mol. The maximum absolute atomic E-state index is 12.4. The first kappa shape index (κ1) is 19.1. The third-order valence-corrected chi connectivity index (χ3v) is 6.34. The van der Waals surface area contributed by atoms with Crippen molar-refractivity contribution in [1.82, 2.24) is 0 Å². The van der Waals surface area contributed by atoms with E-state index in [4.69, 9.17) is 14.2 Å². The summed E-state index contributed by atoms with van der Waals surface area (Å²) in [5.41, 5.74) is 0. The Bertz CT molecular complexity index is 514. The van der Waals surface area contributed by atoms with Gasteiger partial charge < -0.3 is 14.2 Å². The molecule has 0 N–H and O–H groups in total. The Morgan fingerprint density at radius 3 is 2.52 bits per heavy atom. The van der Waals surface area contributed by atoms with Crippen molar-refractivity contribution in [2.45, 2.75) is 57.5 Å². The number of ether oxygens (including phenoxy) is 3. The van der Waals surface area contributed by atoms with Gasteiger partial charge in [-0.2, -0.15) is 0 Å². The van der Waals surface area contributed by atoms with E-state index in [0.717, 1.165) is 19.3 Å². The van der Waals surface area contributed by atoms with E-state index in [9.17, 15) is 9.59 Å². The topological polar surface area (TPSA) is 61.8 Å². The Hall–Kier alpha value is -0.630. The quantitative estimate of drug-likeness (QED) is 0.188. The Balaban J connectivity index is 1.40. The Morgan fingerprint density at radius 2 is 1.84 bits per heavy atom. The molecule has 2 bridgehead atoms. The van der Waals surface area contributed by atoms with E-state index in [1.807, 2.05) is 22.6 Å². The summed E-state index contributed by atoms with van der Waals surface area (Å²) in [5, 5.41) is 0. The molecule has 6 heteroatoms. The van der Waals surface area contributed by atoms with Gasteiger partial charge in [0.2, 0.25) is 0 Å². The number of rotatable bonds is 7. The van der Waals surface area contributed by atoms with Crippen LogP contribution in [-0.4, -0.2) is 31.4 Å².